The van der Waals surface area contributed by atoms with Crippen molar-refractivity contribution < 1.29 is 19.4 Å². The van der Waals surface area contributed by atoms with E-state index in [-0.39, 0.29) is 41.4 Å². The fraction of sp³-hybridized carbons (Fsp3) is 0.571. The van der Waals surface area contributed by atoms with Crippen LogP contribution in [0.4, 0.5) is 0 Å². The van der Waals surface area contributed by atoms with Gasteiger partial charge in [0.25, 0.3) is 0 Å². The van der Waals surface area contributed by atoms with Gasteiger partial charge in [-0.15, -0.1) is 0 Å². The van der Waals surface area contributed by atoms with Gasteiger partial charge in [0.1, 0.15) is 5.75 Å². The number of imide groups is 1. The standard InChI is InChI=1S/C28H37NO4/c1-4-7-20-16-22-26(28(32)29(14-5-2)27(22)31)23-17-33-24(25(20)23)13-10-18(6-3)15-19-8-11-21(30)12-9-19/h8-9,11-12,15,22-24,26,30H,4-7,10,13-14,16-17H2,1-3H3/b18-15+/t22-,23+,24-,26-/m1/s1. The average molecular weight is 452 g/mol. The monoisotopic (exact) mass is 451 g/mol. The van der Waals surface area contributed by atoms with Crippen LogP contribution in [0.15, 0.2) is 41.0 Å². The maximum atomic E-state index is 13.2. The number of likely N-dealkylation sites (tertiary alicyclic amines) is 1. The first kappa shape index (κ1) is 23.7. The van der Waals surface area contributed by atoms with E-state index >= 15 is 0 Å². The van der Waals surface area contributed by atoms with Gasteiger partial charge in [0, 0.05) is 12.5 Å². The summed E-state index contributed by atoms with van der Waals surface area (Å²) in [6.45, 7) is 7.45. The van der Waals surface area contributed by atoms with Crippen molar-refractivity contribution in [2.24, 2.45) is 17.8 Å². The zero-order valence-corrected chi connectivity index (χ0v) is 20.2. The quantitative estimate of drug-likeness (QED) is 0.398. The fourth-order valence-electron chi connectivity index (χ4n) is 5.99. The molecule has 178 valence electrons. The highest BCUT2D eigenvalue weighted by molar-refractivity contribution is 6.05. The minimum atomic E-state index is -0.233. The Morgan fingerprint density at radius 3 is 2.52 bits per heavy atom. The van der Waals surface area contributed by atoms with Gasteiger partial charge in [-0.3, -0.25) is 14.5 Å². The molecule has 4 atom stereocenters. The van der Waals surface area contributed by atoms with Gasteiger partial charge >= 0.3 is 0 Å². The van der Waals surface area contributed by atoms with E-state index in [0.29, 0.717) is 13.2 Å². The second-order valence-electron chi connectivity index (χ2n) is 9.69. The summed E-state index contributed by atoms with van der Waals surface area (Å²) in [7, 11) is 0. The number of hydrogen-bond acceptors (Lipinski definition) is 4. The molecule has 0 aromatic heterocycles. The number of hydrogen-bond donors (Lipinski definition) is 1. The molecule has 1 aliphatic carbocycles. The maximum Gasteiger partial charge on any atom is 0.233 e. The molecular weight excluding hydrogens is 414 g/mol. The molecular formula is C28H37NO4. The van der Waals surface area contributed by atoms with Crippen LogP contribution in [0.5, 0.6) is 5.75 Å². The van der Waals surface area contributed by atoms with Gasteiger partial charge in [0.15, 0.2) is 0 Å². The molecule has 2 fully saturated rings. The third-order valence-corrected chi connectivity index (χ3v) is 7.54. The van der Waals surface area contributed by atoms with Gasteiger partial charge in [-0.2, -0.15) is 0 Å². The lowest BCUT2D eigenvalue weighted by Gasteiger charge is -2.32. The average Bonchev–Trinajstić information content (AvgIpc) is 3.33. The molecule has 2 aliphatic heterocycles. The molecule has 1 N–H and O–H groups in total. The molecule has 1 aromatic rings. The minimum absolute atomic E-state index is 0.0237. The number of allylic oxidation sites excluding steroid dienone is 2. The van der Waals surface area contributed by atoms with Crippen LogP contribution in [-0.2, 0) is 14.3 Å². The number of amides is 2. The molecule has 33 heavy (non-hydrogen) atoms. The van der Waals surface area contributed by atoms with Crippen LogP contribution >= 0.6 is 0 Å². The van der Waals surface area contributed by atoms with E-state index in [2.05, 4.69) is 19.9 Å². The number of rotatable bonds is 9. The first-order valence-electron chi connectivity index (χ1n) is 12.7. The van der Waals surface area contributed by atoms with Crippen LogP contribution in [0.3, 0.4) is 0 Å². The van der Waals surface area contributed by atoms with Gasteiger partial charge in [-0.1, -0.05) is 56.5 Å². The Morgan fingerprint density at radius 1 is 1.09 bits per heavy atom. The molecule has 3 aliphatic rings. The lowest BCUT2D eigenvalue weighted by atomic mass is 9.68. The van der Waals surface area contributed by atoms with Crippen molar-refractivity contribution in [3.63, 3.8) is 0 Å². The number of aromatic hydroxyl groups is 1. The van der Waals surface area contributed by atoms with Crippen molar-refractivity contribution >= 4 is 17.9 Å². The van der Waals surface area contributed by atoms with E-state index in [4.69, 9.17) is 4.74 Å². The van der Waals surface area contributed by atoms with Crippen LogP contribution in [0.2, 0.25) is 0 Å². The maximum absolute atomic E-state index is 13.2. The van der Waals surface area contributed by atoms with E-state index in [9.17, 15) is 14.7 Å². The summed E-state index contributed by atoms with van der Waals surface area (Å²) in [6, 6.07) is 7.29. The number of benzene rings is 1. The predicted molar refractivity (Wildman–Crippen MR) is 129 cm³/mol. The van der Waals surface area contributed by atoms with Crippen molar-refractivity contribution in [2.75, 3.05) is 13.2 Å². The van der Waals surface area contributed by atoms with Crippen molar-refractivity contribution in [3.05, 3.63) is 46.5 Å². The third kappa shape index (κ3) is 4.65. The summed E-state index contributed by atoms with van der Waals surface area (Å²) >= 11 is 0. The van der Waals surface area contributed by atoms with Crippen molar-refractivity contribution in [2.45, 2.75) is 71.8 Å². The van der Waals surface area contributed by atoms with Crippen LogP contribution < -0.4 is 0 Å². The van der Waals surface area contributed by atoms with Gasteiger partial charge in [0.2, 0.25) is 11.8 Å². The third-order valence-electron chi connectivity index (χ3n) is 7.54. The molecule has 5 nitrogen and oxygen atoms in total. The Balaban J connectivity index is 1.53. The number of fused-ring (bicyclic) bond motifs is 3. The normalized spacial score (nSPS) is 27.4. The lowest BCUT2D eigenvalue weighted by molar-refractivity contribution is -0.140. The van der Waals surface area contributed by atoms with Gasteiger partial charge in [-0.25, -0.2) is 0 Å². The van der Waals surface area contributed by atoms with Crippen molar-refractivity contribution in [1.29, 1.82) is 0 Å². The van der Waals surface area contributed by atoms with Crippen LogP contribution in [0, 0.1) is 17.8 Å². The summed E-state index contributed by atoms with van der Waals surface area (Å²) in [4.78, 5) is 27.7. The Hall–Kier alpha value is -2.40. The molecule has 0 spiro atoms. The summed E-state index contributed by atoms with van der Waals surface area (Å²) in [6.07, 6.45) is 8.57. The van der Waals surface area contributed by atoms with Gasteiger partial charge < -0.3 is 9.84 Å². The number of nitrogens with zero attached hydrogens (tertiary/aromatic N) is 1. The molecule has 0 saturated carbocycles. The smallest absolute Gasteiger partial charge is 0.233 e. The lowest BCUT2D eigenvalue weighted by Crippen LogP contribution is -2.34. The SMILES string of the molecule is CCCC1=C2[C@@H](CC/C(=C/c3ccc(O)cc3)CC)OC[C@@H]2[C@@H]2C(=O)N(CCC)C(=O)[C@@H]2C1. The predicted octanol–water partition coefficient (Wildman–Crippen LogP) is 5.49. The summed E-state index contributed by atoms with van der Waals surface area (Å²) in [5, 5.41) is 9.53. The molecule has 5 heteroatoms. The number of ether oxygens (including phenoxy) is 1. The molecule has 0 unspecified atom stereocenters. The number of phenolic OH excluding ortho intramolecular Hbond substituents is 1. The fourth-order valence-corrected chi connectivity index (χ4v) is 5.99. The molecule has 2 amide bonds. The first-order chi connectivity index (χ1) is 16.0. The second kappa shape index (κ2) is 10.3. The zero-order chi connectivity index (χ0) is 23.5. The van der Waals surface area contributed by atoms with Crippen molar-refractivity contribution in [1.82, 2.24) is 4.90 Å². The topological polar surface area (TPSA) is 66.8 Å². The molecule has 2 heterocycles. The molecule has 0 bridgehead atoms. The van der Waals surface area contributed by atoms with E-state index in [1.807, 2.05) is 19.1 Å². The Labute approximate surface area is 197 Å². The van der Waals surface area contributed by atoms with E-state index in [1.165, 1.54) is 21.6 Å². The van der Waals surface area contributed by atoms with Crippen LogP contribution in [-0.4, -0.2) is 41.1 Å². The Morgan fingerprint density at radius 2 is 1.85 bits per heavy atom. The van der Waals surface area contributed by atoms with E-state index in [0.717, 1.165) is 50.5 Å². The second-order valence-corrected chi connectivity index (χ2v) is 9.69. The van der Waals surface area contributed by atoms with Crippen LogP contribution in [0.25, 0.3) is 6.08 Å². The Kier molecular flexibility index (Phi) is 7.38. The largest absolute Gasteiger partial charge is 0.508 e. The molecule has 0 radical (unpaired) electrons. The zero-order valence-electron chi connectivity index (χ0n) is 20.2. The summed E-state index contributed by atoms with van der Waals surface area (Å²) < 4.78 is 6.32. The van der Waals surface area contributed by atoms with Crippen molar-refractivity contribution in [3.8, 4) is 5.75 Å². The number of carbonyl (C=O) groups excluding carboxylic acids is 2. The van der Waals surface area contributed by atoms with Gasteiger partial charge in [0.05, 0.1) is 24.5 Å². The van der Waals surface area contributed by atoms with E-state index in [1.54, 1.807) is 12.1 Å². The number of phenols is 1. The Bertz CT molecular complexity index is 945. The van der Waals surface area contributed by atoms with Crippen LogP contribution in [0.1, 0.15) is 71.3 Å². The van der Waals surface area contributed by atoms with Gasteiger partial charge in [-0.05, 0) is 61.8 Å². The molecule has 1 aromatic carbocycles. The highest BCUT2D eigenvalue weighted by atomic mass is 16.5. The van der Waals surface area contributed by atoms with E-state index < -0.39 is 0 Å². The highest BCUT2D eigenvalue weighted by Gasteiger charge is 2.56. The molecule has 4 rings (SSSR count). The first-order valence-corrected chi connectivity index (χ1v) is 12.7. The summed E-state index contributed by atoms with van der Waals surface area (Å²) in [5.41, 5.74) is 5.14. The number of carbonyl (C=O) groups is 2. The minimum Gasteiger partial charge on any atom is -0.508 e. The molecule has 2 saturated heterocycles. The summed E-state index contributed by atoms with van der Waals surface area (Å²) in [5.74, 6) is -0.0346. The highest BCUT2D eigenvalue weighted by Crippen LogP contribution is 2.50.